The van der Waals surface area contributed by atoms with Gasteiger partial charge in [-0.05, 0) is 59.5 Å². The van der Waals surface area contributed by atoms with E-state index in [0.717, 1.165) is 44.2 Å². The Morgan fingerprint density at radius 1 is 1.03 bits per heavy atom. The Morgan fingerprint density at radius 2 is 1.92 bits per heavy atom. The van der Waals surface area contributed by atoms with Crippen LogP contribution >= 0.6 is 0 Å². The van der Waals surface area contributed by atoms with E-state index in [1.54, 1.807) is 0 Å². The van der Waals surface area contributed by atoms with Gasteiger partial charge in [-0.15, -0.1) is 0 Å². The highest BCUT2D eigenvalue weighted by Gasteiger charge is 2.13. The highest BCUT2D eigenvalue weighted by atomic mass is 16.5. The molecule has 0 spiro atoms. The van der Waals surface area contributed by atoms with E-state index in [1.165, 1.54) is 0 Å². The molecule has 3 aromatic carbocycles. The van der Waals surface area contributed by atoms with Crippen molar-refractivity contribution in [3.63, 3.8) is 0 Å². The minimum Gasteiger partial charge on any atom is -0.481 e. The van der Waals surface area contributed by atoms with Gasteiger partial charge in [0, 0.05) is 29.9 Å². The van der Waals surface area contributed by atoms with Gasteiger partial charge in [0.05, 0.1) is 16.7 Å². The molecule has 0 aliphatic heterocycles. The number of rotatable bonds is 9. The molecule has 37 heavy (non-hydrogen) atoms. The van der Waals surface area contributed by atoms with Crippen LogP contribution in [0.2, 0.25) is 0 Å². The van der Waals surface area contributed by atoms with Crippen molar-refractivity contribution < 1.29 is 14.6 Å². The number of ether oxygens (including phenoxy) is 1. The summed E-state index contributed by atoms with van der Waals surface area (Å²) < 4.78 is 7.79. The minimum absolute atomic E-state index is 0.0547. The number of nitrogens with zero attached hydrogens (tertiary/aromatic N) is 3. The summed E-state index contributed by atoms with van der Waals surface area (Å²) in [5.74, 6) is -0.222. The fourth-order valence-corrected chi connectivity index (χ4v) is 4.52. The zero-order valence-electron chi connectivity index (χ0n) is 20.2. The Balaban J connectivity index is 1.42. The molecule has 5 aromatic rings. The summed E-state index contributed by atoms with van der Waals surface area (Å²) in [5.41, 5.74) is 5.84. The average molecular weight is 488 g/mol. The topological polar surface area (TPSA) is 88.1 Å². The lowest BCUT2D eigenvalue weighted by molar-refractivity contribution is -0.136. The number of nitriles is 1. The third-order valence-corrected chi connectivity index (χ3v) is 6.25. The van der Waals surface area contributed by atoms with Gasteiger partial charge in [-0.1, -0.05) is 54.6 Å². The first-order valence-corrected chi connectivity index (χ1v) is 12.1. The number of para-hydroxylation sites is 1. The van der Waals surface area contributed by atoms with Crippen molar-refractivity contribution in [1.29, 1.82) is 5.26 Å². The van der Waals surface area contributed by atoms with Gasteiger partial charge in [0.25, 0.3) is 0 Å². The fourth-order valence-electron chi connectivity index (χ4n) is 4.52. The zero-order valence-corrected chi connectivity index (χ0v) is 20.2. The van der Waals surface area contributed by atoms with Gasteiger partial charge in [0.2, 0.25) is 0 Å². The first-order chi connectivity index (χ1) is 18.1. The van der Waals surface area contributed by atoms with E-state index in [2.05, 4.69) is 41.0 Å². The quantitative estimate of drug-likeness (QED) is 0.263. The van der Waals surface area contributed by atoms with E-state index in [0.29, 0.717) is 18.7 Å². The van der Waals surface area contributed by atoms with Crippen LogP contribution in [0.5, 0.6) is 5.75 Å². The molecule has 0 atom stereocenters. The molecule has 0 fully saturated rings. The molecule has 5 rings (SSSR count). The smallest absolute Gasteiger partial charge is 0.303 e. The number of benzene rings is 3. The molecule has 0 aliphatic carbocycles. The molecule has 0 radical (unpaired) electrons. The molecule has 1 N–H and O–H groups in total. The van der Waals surface area contributed by atoms with Crippen LogP contribution in [0.15, 0.2) is 85.1 Å². The van der Waals surface area contributed by atoms with Crippen molar-refractivity contribution >= 4 is 39.9 Å². The Kier molecular flexibility index (Phi) is 6.95. The van der Waals surface area contributed by atoms with Gasteiger partial charge >= 0.3 is 5.97 Å². The summed E-state index contributed by atoms with van der Waals surface area (Å²) in [7, 11) is 0. The molecule has 0 bridgehead atoms. The van der Waals surface area contributed by atoms with E-state index in [1.807, 2.05) is 66.9 Å². The van der Waals surface area contributed by atoms with Crippen LogP contribution in [0.4, 0.5) is 0 Å². The number of aliphatic carboxylic acids is 1. The summed E-state index contributed by atoms with van der Waals surface area (Å²) in [6, 6.07) is 28.1. The van der Waals surface area contributed by atoms with Gasteiger partial charge < -0.3 is 14.4 Å². The highest BCUT2D eigenvalue weighted by Crippen LogP contribution is 2.31. The summed E-state index contributed by atoms with van der Waals surface area (Å²) >= 11 is 0. The van der Waals surface area contributed by atoms with E-state index in [-0.39, 0.29) is 13.0 Å². The Hall–Kier alpha value is -4.89. The van der Waals surface area contributed by atoms with Crippen molar-refractivity contribution in [2.75, 3.05) is 6.61 Å². The van der Waals surface area contributed by atoms with Gasteiger partial charge in [-0.3, -0.25) is 4.79 Å². The summed E-state index contributed by atoms with van der Waals surface area (Å²) in [5, 5.41) is 20.2. The number of carbonyl (C=O) groups is 1. The molecule has 0 aliphatic rings. The summed E-state index contributed by atoms with van der Waals surface area (Å²) in [6.45, 7) is 0.544. The molecule has 6 heteroatoms. The number of hydrogen-bond donors (Lipinski definition) is 1. The monoisotopic (exact) mass is 487 g/mol. The largest absolute Gasteiger partial charge is 0.481 e. The van der Waals surface area contributed by atoms with Crippen LogP contribution in [0.25, 0.3) is 34.0 Å². The van der Waals surface area contributed by atoms with Crippen molar-refractivity contribution in [2.45, 2.75) is 19.4 Å². The predicted octanol–water partition coefficient (Wildman–Crippen LogP) is 6.33. The zero-order chi connectivity index (χ0) is 25.6. The maximum atomic E-state index is 11.1. The molecule has 0 saturated heterocycles. The third kappa shape index (κ3) is 5.52. The second-order valence-corrected chi connectivity index (χ2v) is 8.78. The molecule has 0 amide bonds. The Morgan fingerprint density at radius 3 is 2.78 bits per heavy atom. The van der Waals surface area contributed by atoms with Crippen molar-refractivity contribution in [3.8, 4) is 11.8 Å². The molecular weight excluding hydrogens is 462 g/mol. The number of carboxylic acids is 1. The van der Waals surface area contributed by atoms with Gasteiger partial charge in [-0.25, -0.2) is 4.98 Å². The molecule has 2 aromatic heterocycles. The Bertz CT molecular complexity index is 1660. The van der Waals surface area contributed by atoms with Crippen LogP contribution in [0, 0.1) is 11.3 Å². The molecule has 0 saturated carbocycles. The summed E-state index contributed by atoms with van der Waals surface area (Å²) in [4.78, 5) is 15.8. The lowest BCUT2D eigenvalue weighted by Crippen LogP contribution is -2.03. The number of carboxylic acid groups (broad SMARTS) is 1. The van der Waals surface area contributed by atoms with Crippen LogP contribution < -0.4 is 4.74 Å². The maximum absolute atomic E-state index is 11.1. The van der Waals surface area contributed by atoms with Gasteiger partial charge in [0.15, 0.2) is 6.61 Å². The predicted molar refractivity (Wildman–Crippen MR) is 145 cm³/mol. The van der Waals surface area contributed by atoms with E-state index < -0.39 is 5.97 Å². The fraction of sp³-hybridized carbons (Fsp3) is 0.129. The second kappa shape index (κ2) is 10.8. The molecule has 6 nitrogen and oxygen atoms in total. The van der Waals surface area contributed by atoms with E-state index in [4.69, 9.17) is 20.1 Å². The summed E-state index contributed by atoms with van der Waals surface area (Å²) in [6.07, 6.45) is 6.53. The minimum atomic E-state index is -0.832. The lowest BCUT2D eigenvalue weighted by Gasteiger charge is -2.12. The van der Waals surface area contributed by atoms with Crippen LogP contribution in [-0.2, 0) is 17.8 Å². The van der Waals surface area contributed by atoms with Crippen molar-refractivity contribution in [1.82, 2.24) is 9.55 Å². The van der Waals surface area contributed by atoms with Gasteiger partial charge in [-0.2, -0.15) is 5.26 Å². The molecule has 182 valence electrons. The van der Waals surface area contributed by atoms with Crippen LogP contribution in [0.1, 0.15) is 28.8 Å². The third-order valence-electron chi connectivity index (χ3n) is 6.25. The van der Waals surface area contributed by atoms with Gasteiger partial charge in [0.1, 0.15) is 11.8 Å². The number of fused-ring (bicyclic) bond motifs is 2. The van der Waals surface area contributed by atoms with Crippen LogP contribution in [0.3, 0.4) is 0 Å². The van der Waals surface area contributed by atoms with Crippen LogP contribution in [-0.4, -0.2) is 27.2 Å². The molecule has 0 unspecified atom stereocenters. The van der Waals surface area contributed by atoms with E-state index >= 15 is 0 Å². The normalized spacial score (nSPS) is 11.2. The highest BCUT2D eigenvalue weighted by molar-refractivity contribution is 5.89. The first-order valence-electron chi connectivity index (χ1n) is 12.1. The SMILES string of the molecule is N#CCOc1ccc(CCC(=O)O)c2ccn(Cc3cccc(/C=C/c4ccc5ccccc5n4)c3)c12. The number of aryl methyl sites for hydroxylation is 1. The van der Waals surface area contributed by atoms with Crippen molar-refractivity contribution in [3.05, 3.63) is 107 Å². The molecular formula is C31H25N3O3. The second-order valence-electron chi connectivity index (χ2n) is 8.78. The maximum Gasteiger partial charge on any atom is 0.303 e. The Labute approximate surface area is 214 Å². The molecule has 2 heterocycles. The van der Waals surface area contributed by atoms with Crippen molar-refractivity contribution in [2.24, 2.45) is 0 Å². The number of hydrogen-bond acceptors (Lipinski definition) is 4. The first kappa shape index (κ1) is 23.8. The standard InChI is InChI=1S/C31H25N3O3/c32-17-19-37-29-14-10-24(11-15-30(35)36)27-16-18-34(31(27)29)21-23-5-3-4-22(20-23)8-12-26-13-9-25-6-1-2-7-28(25)33-26/h1-10,12-14,16,18,20H,11,15,19,21H2,(H,35,36)/b12-8+. The number of aromatic nitrogens is 2. The number of pyridine rings is 1. The lowest BCUT2D eigenvalue weighted by atomic mass is 10.0. The average Bonchev–Trinajstić information content (AvgIpc) is 3.34. The van der Waals surface area contributed by atoms with E-state index in [9.17, 15) is 4.79 Å².